The summed E-state index contributed by atoms with van der Waals surface area (Å²) in [7, 11) is 1.69. The summed E-state index contributed by atoms with van der Waals surface area (Å²) in [6, 6.07) is 7.21. The van der Waals surface area contributed by atoms with Crippen LogP contribution in [0.25, 0.3) is 0 Å². The Kier molecular flexibility index (Phi) is 4.89. The molecule has 1 aromatic carbocycles. The third-order valence-electron chi connectivity index (χ3n) is 3.32. The Morgan fingerprint density at radius 1 is 1.50 bits per heavy atom. The van der Waals surface area contributed by atoms with Crippen LogP contribution in [0.2, 0.25) is 0 Å². The molecule has 1 heterocycles. The first-order chi connectivity index (χ1) is 8.67. The molecule has 1 aliphatic rings. The summed E-state index contributed by atoms with van der Waals surface area (Å²) in [5, 5.41) is 7.07. The first kappa shape index (κ1) is 13.7. The van der Waals surface area contributed by atoms with Crippen LogP contribution in [0.15, 0.2) is 22.7 Å². The van der Waals surface area contributed by atoms with Crippen molar-refractivity contribution in [1.82, 2.24) is 5.32 Å². The SMILES string of the molecule is COc1cc(Br)cc(NC(C)CC2CCCN2)c1. The maximum absolute atomic E-state index is 5.27. The predicted octanol–water partition coefficient (Wildman–Crippen LogP) is 3.40. The minimum atomic E-state index is 0.458. The van der Waals surface area contributed by atoms with Gasteiger partial charge in [0.2, 0.25) is 0 Å². The first-order valence-corrected chi connectivity index (χ1v) is 7.31. The molecule has 0 amide bonds. The molecule has 2 atom stereocenters. The van der Waals surface area contributed by atoms with Gasteiger partial charge in [-0.1, -0.05) is 15.9 Å². The molecule has 100 valence electrons. The average molecular weight is 313 g/mol. The van der Waals surface area contributed by atoms with Gasteiger partial charge in [-0.2, -0.15) is 0 Å². The van der Waals surface area contributed by atoms with Gasteiger partial charge >= 0.3 is 0 Å². The van der Waals surface area contributed by atoms with Crippen molar-refractivity contribution >= 4 is 21.6 Å². The van der Waals surface area contributed by atoms with E-state index in [1.54, 1.807) is 7.11 Å². The first-order valence-electron chi connectivity index (χ1n) is 6.52. The Labute approximate surface area is 117 Å². The van der Waals surface area contributed by atoms with Gasteiger partial charge in [-0.3, -0.25) is 0 Å². The van der Waals surface area contributed by atoms with Crippen LogP contribution in [0.3, 0.4) is 0 Å². The van der Waals surface area contributed by atoms with Crippen molar-refractivity contribution in [2.24, 2.45) is 0 Å². The summed E-state index contributed by atoms with van der Waals surface area (Å²) < 4.78 is 6.31. The monoisotopic (exact) mass is 312 g/mol. The number of nitrogens with one attached hydrogen (secondary N) is 2. The van der Waals surface area contributed by atoms with Crippen molar-refractivity contribution in [2.75, 3.05) is 19.0 Å². The van der Waals surface area contributed by atoms with Gasteiger partial charge in [-0.05, 0) is 44.9 Å². The second-order valence-corrected chi connectivity index (χ2v) is 5.87. The second-order valence-electron chi connectivity index (χ2n) is 4.95. The van der Waals surface area contributed by atoms with Gasteiger partial charge in [0, 0.05) is 28.3 Å². The number of benzene rings is 1. The second kappa shape index (κ2) is 6.43. The van der Waals surface area contributed by atoms with Crippen molar-refractivity contribution in [3.05, 3.63) is 22.7 Å². The Balaban J connectivity index is 1.93. The minimum absolute atomic E-state index is 0.458. The largest absolute Gasteiger partial charge is 0.497 e. The number of hydrogen-bond donors (Lipinski definition) is 2. The lowest BCUT2D eigenvalue weighted by Crippen LogP contribution is -2.29. The molecule has 3 nitrogen and oxygen atoms in total. The Morgan fingerprint density at radius 3 is 3.00 bits per heavy atom. The van der Waals surface area contributed by atoms with Gasteiger partial charge < -0.3 is 15.4 Å². The lowest BCUT2D eigenvalue weighted by Gasteiger charge is -2.20. The van der Waals surface area contributed by atoms with Crippen molar-refractivity contribution in [3.8, 4) is 5.75 Å². The van der Waals surface area contributed by atoms with E-state index in [-0.39, 0.29) is 0 Å². The highest BCUT2D eigenvalue weighted by molar-refractivity contribution is 9.10. The number of ether oxygens (including phenoxy) is 1. The van der Waals surface area contributed by atoms with Crippen molar-refractivity contribution in [2.45, 2.75) is 38.3 Å². The zero-order valence-corrected chi connectivity index (χ0v) is 12.6. The number of rotatable bonds is 5. The van der Waals surface area contributed by atoms with E-state index in [0.29, 0.717) is 12.1 Å². The van der Waals surface area contributed by atoms with E-state index in [9.17, 15) is 0 Å². The van der Waals surface area contributed by atoms with Crippen LogP contribution in [-0.2, 0) is 0 Å². The zero-order chi connectivity index (χ0) is 13.0. The van der Waals surface area contributed by atoms with Crippen LogP contribution in [0.1, 0.15) is 26.2 Å². The third kappa shape index (κ3) is 3.89. The smallest absolute Gasteiger partial charge is 0.122 e. The van der Waals surface area contributed by atoms with Crippen molar-refractivity contribution in [1.29, 1.82) is 0 Å². The molecule has 2 unspecified atom stereocenters. The molecular formula is C14H21BrN2O. The average Bonchev–Trinajstić information content (AvgIpc) is 2.80. The maximum atomic E-state index is 5.27. The summed E-state index contributed by atoms with van der Waals surface area (Å²) in [5.41, 5.74) is 1.10. The molecule has 0 aliphatic carbocycles. The third-order valence-corrected chi connectivity index (χ3v) is 3.78. The normalized spacial score (nSPS) is 20.7. The highest BCUT2D eigenvalue weighted by Gasteiger charge is 2.17. The lowest BCUT2D eigenvalue weighted by molar-refractivity contribution is 0.414. The number of anilines is 1. The van der Waals surface area contributed by atoms with Crippen LogP contribution in [0, 0.1) is 0 Å². The number of halogens is 1. The molecule has 18 heavy (non-hydrogen) atoms. The topological polar surface area (TPSA) is 33.3 Å². The predicted molar refractivity (Wildman–Crippen MR) is 79.4 cm³/mol. The van der Waals surface area contributed by atoms with E-state index < -0.39 is 0 Å². The Bertz CT molecular complexity index is 391. The van der Waals surface area contributed by atoms with Gasteiger partial charge in [0.05, 0.1) is 7.11 Å². The standard InChI is InChI=1S/C14H21BrN2O/c1-10(6-12-4-3-5-16-12)17-13-7-11(15)8-14(9-13)18-2/h7-10,12,16-17H,3-6H2,1-2H3. The fourth-order valence-corrected chi connectivity index (χ4v) is 2.96. The van der Waals surface area contributed by atoms with Crippen LogP contribution < -0.4 is 15.4 Å². The zero-order valence-electron chi connectivity index (χ0n) is 11.0. The van der Waals surface area contributed by atoms with Crippen molar-refractivity contribution in [3.63, 3.8) is 0 Å². The highest BCUT2D eigenvalue weighted by atomic mass is 79.9. The molecular weight excluding hydrogens is 292 g/mol. The summed E-state index contributed by atoms with van der Waals surface area (Å²) in [6.45, 7) is 3.40. The van der Waals surface area contributed by atoms with Gasteiger partial charge in [-0.25, -0.2) is 0 Å². The van der Waals surface area contributed by atoms with Crippen LogP contribution in [-0.4, -0.2) is 25.7 Å². The summed E-state index contributed by atoms with van der Waals surface area (Å²) in [6.07, 6.45) is 3.77. The maximum Gasteiger partial charge on any atom is 0.122 e. The van der Waals surface area contributed by atoms with E-state index in [1.165, 1.54) is 19.4 Å². The molecule has 1 fully saturated rings. The van der Waals surface area contributed by atoms with E-state index in [2.05, 4.69) is 39.6 Å². The molecule has 0 spiro atoms. The lowest BCUT2D eigenvalue weighted by atomic mass is 10.1. The number of hydrogen-bond acceptors (Lipinski definition) is 3. The molecule has 2 rings (SSSR count). The van der Waals surface area contributed by atoms with Gasteiger partial charge in [0.15, 0.2) is 0 Å². The van der Waals surface area contributed by atoms with Crippen LogP contribution in [0.5, 0.6) is 5.75 Å². The van der Waals surface area contributed by atoms with Crippen molar-refractivity contribution < 1.29 is 4.74 Å². The Morgan fingerprint density at radius 2 is 2.33 bits per heavy atom. The summed E-state index contributed by atoms with van der Waals surface area (Å²) >= 11 is 3.50. The van der Waals surface area contributed by atoms with Crippen LogP contribution >= 0.6 is 15.9 Å². The molecule has 0 aromatic heterocycles. The molecule has 0 radical (unpaired) electrons. The molecule has 0 bridgehead atoms. The van der Waals surface area contributed by atoms with Gasteiger partial charge in [0.1, 0.15) is 5.75 Å². The van der Waals surface area contributed by atoms with E-state index in [4.69, 9.17) is 4.74 Å². The molecule has 1 aromatic rings. The Hall–Kier alpha value is -0.740. The van der Waals surface area contributed by atoms with Gasteiger partial charge in [-0.15, -0.1) is 0 Å². The van der Waals surface area contributed by atoms with E-state index >= 15 is 0 Å². The molecule has 1 saturated heterocycles. The molecule has 0 saturated carbocycles. The minimum Gasteiger partial charge on any atom is -0.497 e. The van der Waals surface area contributed by atoms with Crippen LogP contribution in [0.4, 0.5) is 5.69 Å². The molecule has 2 N–H and O–H groups in total. The summed E-state index contributed by atoms with van der Waals surface area (Å²) in [4.78, 5) is 0. The highest BCUT2D eigenvalue weighted by Crippen LogP contribution is 2.25. The quantitative estimate of drug-likeness (QED) is 0.874. The fourth-order valence-electron chi connectivity index (χ4n) is 2.49. The molecule has 1 aliphatic heterocycles. The fraction of sp³-hybridized carbons (Fsp3) is 0.571. The summed E-state index contributed by atoms with van der Waals surface area (Å²) in [5.74, 6) is 0.873. The number of methoxy groups -OCH3 is 1. The van der Waals surface area contributed by atoms with E-state index in [0.717, 1.165) is 22.3 Å². The van der Waals surface area contributed by atoms with Gasteiger partial charge in [0.25, 0.3) is 0 Å². The van der Waals surface area contributed by atoms with E-state index in [1.807, 2.05) is 12.1 Å². The molecule has 4 heteroatoms.